The van der Waals surface area contributed by atoms with Gasteiger partial charge in [-0.2, -0.15) is 0 Å². The van der Waals surface area contributed by atoms with Gasteiger partial charge in [-0.3, -0.25) is 4.79 Å². The lowest BCUT2D eigenvalue weighted by atomic mass is 9.93. The van der Waals surface area contributed by atoms with Crippen molar-refractivity contribution in [1.29, 1.82) is 0 Å². The summed E-state index contributed by atoms with van der Waals surface area (Å²) in [6.45, 7) is 1.56. The lowest BCUT2D eigenvalue weighted by Gasteiger charge is -2.25. The molecule has 142 valence electrons. The molecule has 1 aliphatic rings. The van der Waals surface area contributed by atoms with Crippen LogP contribution in [-0.4, -0.2) is 32.4 Å². The highest BCUT2D eigenvalue weighted by molar-refractivity contribution is 5.93. The standard InChI is InChI=1S/C14H13FN2O2.C4H6N2O2/c15-10-4-1-3-9(7-10)13-8-12(17-19-13)14(18)16-11-5-2-6-11;1-3(7)4-6-5-2-8-4/h1,3-4,7-8,11H,2,5-6H2,(H,16,18);2-3,7H,1H3. The van der Waals surface area contributed by atoms with Gasteiger partial charge in [0.25, 0.3) is 5.91 Å². The van der Waals surface area contributed by atoms with E-state index in [1.807, 2.05) is 0 Å². The van der Waals surface area contributed by atoms with Crippen molar-refractivity contribution in [2.24, 2.45) is 0 Å². The number of rotatable bonds is 4. The smallest absolute Gasteiger partial charge is 0.273 e. The molecule has 2 aromatic heterocycles. The summed E-state index contributed by atoms with van der Waals surface area (Å²) in [7, 11) is 0. The maximum absolute atomic E-state index is 13.1. The van der Waals surface area contributed by atoms with E-state index in [1.54, 1.807) is 19.1 Å². The molecule has 2 N–H and O–H groups in total. The van der Waals surface area contributed by atoms with Gasteiger partial charge < -0.3 is 19.4 Å². The van der Waals surface area contributed by atoms with Gasteiger partial charge in [0.2, 0.25) is 12.3 Å². The molecule has 3 aromatic rings. The molecule has 1 aliphatic carbocycles. The van der Waals surface area contributed by atoms with E-state index in [2.05, 4.69) is 25.1 Å². The van der Waals surface area contributed by atoms with Crippen LogP contribution >= 0.6 is 0 Å². The molecule has 27 heavy (non-hydrogen) atoms. The second kappa shape index (κ2) is 8.54. The molecule has 1 fully saturated rings. The molecule has 1 saturated carbocycles. The molecule has 0 bridgehead atoms. The Kier molecular flexibility index (Phi) is 5.92. The number of benzene rings is 1. The molecule has 1 unspecified atom stereocenters. The molecule has 0 saturated heterocycles. The summed E-state index contributed by atoms with van der Waals surface area (Å²) in [4.78, 5) is 11.9. The summed E-state index contributed by atoms with van der Waals surface area (Å²) >= 11 is 0. The molecule has 0 spiro atoms. The van der Waals surface area contributed by atoms with Gasteiger partial charge in [0.05, 0.1) is 0 Å². The first-order valence-corrected chi connectivity index (χ1v) is 8.50. The maximum Gasteiger partial charge on any atom is 0.273 e. The number of amides is 1. The summed E-state index contributed by atoms with van der Waals surface area (Å²) in [6, 6.07) is 7.77. The van der Waals surface area contributed by atoms with Gasteiger partial charge in [-0.05, 0) is 38.3 Å². The van der Waals surface area contributed by atoms with Crippen LogP contribution in [0.15, 0.2) is 45.7 Å². The van der Waals surface area contributed by atoms with E-state index in [0.29, 0.717) is 11.3 Å². The third kappa shape index (κ3) is 4.98. The summed E-state index contributed by atoms with van der Waals surface area (Å²) < 4.78 is 22.8. The topological polar surface area (TPSA) is 114 Å². The van der Waals surface area contributed by atoms with Crippen LogP contribution in [0.3, 0.4) is 0 Å². The second-order valence-corrected chi connectivity index (χ2v) is 6.14. The Morgan fingerprint density at radius 3 is 2.74 bits per heavy atom. The Morgan fingerprint density at radius 2 is 2.19 bits per heavy atom. The molecular formula is C18H19FN4O4. The third-order valence-corrected chi connectivity index (χ3v) is 4.03. The number of nitrogens with one attached hydrogen (secondary N) is 1. The Bertz CT molecular complexity index is 875. The van der Waals surface area contributed by atoms with Crippen molar-refractivity contribution in [3.63, 3.8) is 0 Å². The number of hydrogen-bond donors (Lipinski definition) is 2. The van der Waals surface area contributed by atoms with E-state index in [0.717, 1.165) is 19.3 Å². The zero-order chi connectivity index (χ0) is 19.2. The molecule has 8 nitrogen and oxygen atoms in total. The minimum Gasteiger partial charge on any atom is -0.425 e. The molecule has 1 aromatic carbocycles. The molecule has 4 rings (SSSR count). The van der Waals surface area contributed by atoms with Gasteiger partial charge >= 0.3 is 0 Å². The molecule has 1 amide bonds. The third-order valence-electron chi connectivity index (χ3n) is 4.03. The molecular weight excluding hydrogens is 355 g/mol. The van der Waals surface area contributed by atoms with Gasteiger partial charge in [0.1, 0.15) is 11.9 Å². The molecule has 0 aliphatic heterocycles. The Balaban J connectivity index is 0.000000221. The number of halogens is 1. The maximum atomic E-state index is 13.1. The average molecular weight is 374 g/mol. The first kappa shape index (κ1) is 18.7. The Labute approximate surface area is 154 Å². The van der Waals surface area contributed by atoms with E-state index in [9.17, 15) is 9.18 Å². The quantitative estimate of drug-likeness (QED) is 0.721. The Morgan fingerprint density at radius 1 is 1.37 bits per heavy atom. The monoisotopic (exact) mass is 374 g/mol. The summed E-state index contributed by atoms with van der Waals surface area (Å²) in [5, 5.41) is 22.1. The minimum absolute atomic E-state index is 0.228. The molecule has 0 radical (unpaired) electrons. The van der Waals surface area contributed by atoms with Crippen molar-refractivity contribution < 1.29 is 23.2 Å². The highest BCUT2D eigenvalue weighted by Crippen LogP contribution is 2.22. The van der Waals surface area contributed by atoms with Crippen LogP contribution in [0.5, 0.6) is 0 Å². The number of aliphatic hydroxyl groups is 1. The van der Waals surface area contributed by atoms with Crippen LogP contribution < -0.4 is 5.32 Å². The van der Waals surface area contributed by atoms with Crippen molar-refractivity contribution in [2.45, 2.75) is 38.3 Å². The van der Waals surface area contributed by atoms with Crippen LogP contribution in [-0.2, 0) is 0 Å². The summed E-state index contributed by atoms with van der Waals surface area (Å²) in [5.74, 6) is 0.0498. The SMILES string of the molecule is CC(O)c1nnco1.O=C(NC1CCC1)c1cc(-c2cccc(F)c2)on1. The van der Waals surface area contributed by atoms with Gasteiger partial charge in [0, 0.05) is 17.7 Å². The normalized spacial score (nSPS) is 14.6. The highest BCUT2D eigenvalue weighted by Gasteiger charge is 2.22. The zero-order valence-electron chi connectivity index (χ0n) is 14.6. The number of aliphatic hydroxyl groups excluding tert-OH is 1. The number of carbonyl (C=O) groups is 1. The van der Waals surface area contributed by atoms with E-state index in [4.69, 9.17) is 9.63 Å². The van der Waals surface area contributed by atoms with Crippen LogP contribution in [0.25, 0.3) is 11.3 Å². The second-order valence-electron chi connectivity index (χ2n) is 6.14. The molecule has 9 heteroatoms. The van der Waals surface area contributed by atoms with Crippen LogP contribution in [0.2, 0.25) is 0 Å². The van der Waals surface area contributed by atoms with E-state index >= 15 is 0 Å². The fourth-order valence-electron chi connectivity index (χ4n) is 2.34. The van der Waals surface area contributed by atoms with E-state index in [1.165, 1.54) is 24.6 Å². The predicted molar refractivity (Wildman–Crippen MR) is 91.9 cm³/mol. The van der Waals surface area contributed by atoms with E-state index < -0.39 is 6.10 Å². The molecule has 1 atom stereocenters. The minimum atomic E-state index is -0.655. The lowest BCUT2D eigenvalue weighted by molar-refractivity contribution is 0.0908. The van der Waals surface area contributed by atoms with Gasteiger partial charge in [-0.15, -0.1) is 10.2 Å². The predicted octanol–water partition coefficient (Wildman–Crippen LogP) is 2.89. The van der Waals surface area contributed by atoms with E-state index in [-0.39, 0.29) is 29.4 Å². The number of nitrogens with zero attached hydrogens (tertiary/aromatic N) is 3. The van der Waals surface area contributed by atoms with Crippen molar-refractivity contribution in [2.75, 3.05) is 0 Å². The summed E-state index contributed by atoms with van der Waals surface area (Å²) in [6.07, 6.45) is 3.71. The van der Waals surface area contributed by atoms with Crippen LogP contribution in [0.4, 0.5) is 4.39 Å². The van der Waals surface area contributed by atoms with Crippen LogP contribution in [0.1, 0.15) is 48.7 Å². The zero-order valence-corrected chi connectivity index (χ0v) is 14.6. The Hall–Kier alpha value is -3.07. The largest absolute Gasteiger partial charge is 0.425 e. The first-order valence-electron chi connectivity index (χ1n) is 8.50. The van der Waals surface area contributed by atoms with Crippen molar-refractivity contribution in [3.05, 3.63) is 54.1 Å². The van der Waals surface area contributed by atoms with Crippen molar-refractivity contribution in [1.82, 2.24) is 20.7 Å². The van der Waals surface area contributed by atoms with Gasteiger partial charge in [-0.25, -0.2) is 4.39 Å². The lowest BCUT2D eigenvalue weighted by Crippen LogP contribution is -2.39. The number of aromatic nitrogens is 3. The highest BCUT2D eigenvalue weighted by atomic mass is 19.1. The molecule has 2 heterocycles. The van der Waals surface area contributed by atoms with Gasteiger partial charge in [-0.1, -0.05) is 17.3 Å². The summed E-state index contributed by atoms with van der Waals surface area (Å²) in [5.41, 5.74) is 0.793. The number of carbonyl (C=O) groups excluding carboxylic acids is 1. The van der Waals surface area contributed by atoms with Crippen LogP contribution in [0, 0.1) is 5.82 Å². The fraction of sp³-hybridized carbons (Fsp3) is 0.333. The van der Waals surface area contributed by atoms with Crippen molar-refractivity contribution in [3.8, 4) is 11.3 Å². The van der Waals surface area contributed by atoms with Crippen molar-refractivity contribution >= 4 is 5.91 Å². The first-order chi connectivity index (χ1) is 13.0. The number of hydrogen-bond acceptors (Lipinski definition) is 7. The average Bonchev–Trinajstić information content (AvgIpc) is 3.30. The van der Waals surface area contributed by atoms with Gasteiger partial charge in [0.15, 0.2) is 11.5 Å². The fourth-order valence-corrected chi connectivity index (χ4v) is 2.34.